The smallest absolute Gasteiger partial charge is 0.253 e. The number of carbonyl (C=O) groups is 1. The Kier molecular flexibility index (Phi) is 13.6. The second-order valence-electron chi connectivity index (χ2n) is 6.20. The average Bonchev–Trinajstić information content (AvgIpc) is 2.66. The number of benzene rings is 1. The summed E-state index contributed by atoms with van der Waals surface area (Å²) in [5.41, 5.74) is 1.82. The van der Waals surface area contributed by atoms with Crippen LogP contribution in [0.3, 0.4) is 0 Å². The third-order valence-corrected chi connectivity index (χ3v) is 4.26. The second kappa shape index (κ2) is 14.5. The van der Waals surface area contributed by atoms with Crippen molar-refractivity contribution in [2.45, 2.75) is 40.2 Å². The van der Waals surface area contributed by atoms with Gasteiger partial charge >= 0.3 is 0 Å². The molecule has 1 aromatic rings. The Morgan fingerprint density at radius 1 is 1.19 bits per heavy atom. The van der Waals surface area contributed by atoms with Crippen LogP contribution in [-0.2, 0) is 6.54 Å². The number of halogens is 1. The zero-order chi connectivity index (χ0) is 19.4. The van der Waals surface area contributed by atoms with Crippen LogP contribution >= 0.6 is 24.0 Å². The van der Waals surface area contributed by atoms with Gasteiger partial charge < -0.3 is 15.1 Å². The van der Waals surface area contributed by atoms with Gasteiger partial charge in [0.25, 0.3) is 5.91 Å². The molecule has 0 heterocycles. The SMILES string of the molecule is C=CCCCN(C)C(=NCc1ccc(C(=O)N(CC)CC)cc1)NCC.I. The third kappa shape index (κ3) is 8.77. The molecule has 0 fully saturated rings. The fourth-order valence-corrected chi connectivity index (χ4v) is 2.66. The molecule has 0 saturated carbocycles. The number of unbranched alkanes of at least 4 members (excludes halogenated alkanes) is 1. The van der Waals surface area contributed by atoms with E-state index >= 15 is 0 Å². The fraction of sp³-hybridized carbons (Fsp3) is 0.524. The number of carbonyl (C=O) groups excluding carboxylic acids is 1. The van der Waals surface area contributed by atoms with Gasteiger partial charge in [-0.15, -0.1) is 30.6 Å². The second-order valence-corrected chi connectivity index (χ2v) is 6.20. The summed E-state index contributed by atoms with van der Waals surface area (Å²) in [7, 11) is 2.05. The van der Waals surface area contributed by atoms with Crippen molar-refractivity contribution in [3.8, 4) is 0 Å². The fourth-order valence-electron chi connectivity index (χ4n) is 2.66. The Morgan fingerprint density at radius 3 is 2.33 bits per heavy atom. The number of aliphatic imine (C=N–C) groups is 1. The maximum Gasteiger partial charge on any atom is 0.253 e. The van der Waals surface area contributed by atoms with Crippen LogP contribution in [0.4, 0.5) is 0 Å². The molecular weight excluding hydrogens is 451 g/mol. The van der Waals surface area contributed by atoms with E-state index in [9.17, 15) is 4.79 Å². The summed E-state index contributed by atoms with van der Waals surface area (Å²) in [6.45, 7) is 13.7. The molecule has 0 spiro atoms. The summed E-state index contributed by atoms with van der Waals surface area (Å²) in [6, 6.07) is 7.77. The lowest BCUT2D eigenvalue weighted by atomic mass is 10.1. The Hall–Kier alpha value is -1.57. The molecule has 1 rings (SSSR count). The van der Waals surface area contributed by atoms with E-state index in [4.69, 9.17) is 4.99 Å². The molecular formula is C21H35IN4O. The van der Waals surface area contributed by atoms with Gasteiger partial charge in [0.05, 0.1) is 6.54 Å². The van der Waals surface area contributed by atoms with Gasteiger partial charge in [0.1, 0.15) is 0 Å². The average molecular weight is 486 g/mol. The van der Waals surface area contributed by atoms with Gasteiger partial charge in [0, 0.05) is 38.8 Å². The highest BCUT2D eigenvalue weighted by atomic mass is 127. The largest absolute Gasteiger partial charge is 0.357 e. The Bertz CT molecular complexity index is 582. The number of hydrogen-bond donors (Lipinski definition) is 1. The van der Waals surface area contributed by atoms with Gasteiger partial charge in [-0.1, -0.05) is 18.2 Å². The molecule has 152 valence electrons. The van der Waals surface area contributed by atoms with E-state index < -0.39 is 0 Å². The lowest BCUT2D eigenvalue weighted by molar-refractivity contribution is 0.0773. The maximum absolute atomic E-state index is 12.4. The first-order valence-corrected chi connectivity index (χ1v) is 9.55. The summed E-state index contributed by atoms with van der Waals surface area (Å²) in [6.07, 6.45) is 4.01. The molecule has 0 aromatic heterocycles. The highest BCUT2D eigenvalue weighted by Crippen LogP contribution is 2.09. The zero-order valence-electron chi connectivity index (χ0n) is 17.2. The van der Waals surface area contributed by atoms with Crippen LogP contribution in [-0.4, -0.2) is 54.9 Å². The number of allylic oxidation sites excluding steroid dienone is 1. The molecule has 0 unspecified atom stereocenters. The Morgan fingerprint density at radius 2 is 1.81 bits per heavy atom. The highest BCUT2D eigenvalue weighted by Gasteiger charge is 2.12. The van der Waals surface area contributed by atoms with Crippen molar-refractivity contribution in [1.82, 2.24) is 15.1 Å². The zero-order valence-corrected chi connectivity index (χ0v) is 19.5. The van der Waals surface area contributed by atoms with Crippen LogP contribution in [0, 0.1) is 0 Å². The first kappa shape index (κ1) is 25.4. The van der Waals surface area contributed by atoms with Crippen molar-refractivity contribution in [3.63, 3.8) is 0 Å². The highest BCUT2D eigenvalue weighted by molar-refractivity contribution is 14.0. The first-order chi connectivity index (χ1) is 12.6. The number of hydrogen-bond acceptors (Lipinski definition) is 2. The Labute approximate surface area is 181 Å². The summed E-state index contributed by atoms with van der Waals surface area (Å²) >= 11 is 0. The monoisotopic (exact) mass is 486 g/mol. The molecule has 0 aliphatic rings. The third-order valence-electron chi connectivity index (χ3n) is 4.26. The van der Waals surface area contributed by atoms with E-state index in [2.05, 4.69) is 30.8 Å². The van der Waals surface area contributed by atoms with Crippen LogP contribution in [0.25, 0.3) is 0 Å². The van der Waals surface area contributed by atoms with E-state index in [-0.39, 0.29) is 29.9 Å². The minimum atomic E-state index is 0. The lowest BCUT2D eigenvalue weighted by Crippen LogP contribution is -2.39. The lowest BCUT2D eigenvalue weighted by Gasteiger charge is -2.22. The van der Waals surface area contributed by atoms with Crippen LogP contribution in [0.1, 0.15) is 49.5 Å². The van der Waals surface area contributed by atoms with E-state index in [0.717, 1.165) is 56.1 Å². The number of nitrogens with zero attached hydrogens (tertiary/aromatic N) is 3. The molecule has 0 aliphatic heterocycles. The summed E-state index contributed by atoms with van der Waals surface area (Å²) in [5.74, 6) is 0.986. The van der Waals surface area contributed by atoms with Gasteiger partial charge in [-0.2, -0.15) is 0 Å². The van der Waals surface area contributed by atoms with Crippen molar-refractivity contribution in [2.75, 3.05) is 33.2 Å². The van der Waals surface area contributed by atoms with E-state index in [1.54, 1.807) is 0 Å². The van der Waals surface area contributed by atoms with Crippen LogP contribution < -0.4 is 5.32 Å². The van der Waals surface area contributed by atoms with Gasteiger partial charge in [-0.3, -0.25) is 4.79 Å². The number of rotatable bonds is 10. The van der Waals surface area contributed by atoms with Crippen LogP contribution in [0.5, 0.6) is 0 Å². The predicted molar refractivity (Wildman–Crippen MR) is 126 cm³/mol. The minimum absolute atomic E-state index is 0. The van der Waals surface area contributed by atoms with E-state index in [1.807, 2.05) is 49.1 Å². The van der Waals surface area contributed by atoms with E-state index in [1.165, 1.54) is 0 Å². The topological polar surface area (TPSA) is 47.9 Å². The maximum atomic E-state index is 12.4. The molecule has 0 aliphatic carbocycles. The van der Waals surface area contributed by atoms with Gasteiger partial charge in [-0.05, 0) is 51.3 Å². The standard InChI is InChI=1S/C21H34N4O.HI/c1-6-10-11-16-24(5)21(22-7-2)23-17-18-12-14-19(15-13-18)20(26)25(8-3)9-4;/h6,12-15H,1,7-11,16-17H2,2-5H3,(H,22,23);1H. The van der Waals surface area contributed by atoms with Gasteiger partial charge in [0.15, 0.2) is 5.96 Å². The quantitative estimate of drug-likeness (QED) is 0.178. The molecule has 0 bridgehead atoms. The van der Waals surface area contributed by atoms with Gasteiger partial charge in [-0.25, -0.2) is 4.99 Å². The van der Waals surface area contributed by atoms with Crippen molar-refractivity contribution in [2.24, 2.45) is 4.99 Å². The van der Waals surface area contributed by atoms with Crippen LogP contribution in [0.2, 0.25) is 0 Å². The number of guanidine groups is 1. The van der Waals surface area contributed by atoms with Crippen molar-refractivity contribution < 1.29 is 4.79 Å². The van der Waals surface area contributed by atoms with Crippen LogP contribution in [0.15, 0.2) is 41.9 Å². The molecule has 0 saturated heterocycles. The molecule has 1 aromatic carbocycles. The van der Waals surface area contributed by atoms with Crippen molar-refractivity contribution >= 4 is 35.8 Å². The van der Waals surface area contributed by atoms with Crippen molar-refractivity contribution in [1.29, 1.82) is 0 Å². The van der Waals surface area contributed by atoms with E-state index in [0.29, 0.717) is 6.54 Å². The molecule has 0 radical (unpaired) electrons. The summed E-state index contributed by atoms with van der Waals surface area (Å²) < 4.78 is 0. The first-order valence-electron chi connectivity index (χ1n) is 9.55. The Balaban J connectivity index is 0.00000676. The summed E-state index contributed by atoms with van der Waals surface area (Å²) in [5, 5.41) is 3.33. The minimum Gasteiger partial charge on any atom is -0.357 e. The van der Waals surface area contributed by atoms with Gasteiger partial charge in [0.2, 0.25) is 0 Å². The number of nitrogens with one attached hydrogen (secondary N) is 1. The molecule has 1 N–H and O–H groups in total. The number of amides is 1. The molecule has 27 heavy (non-hydrogen) atoms. The molecule has 5 nitrogen and oxygen atoms in total. The molecule has 0 atom stereocenters. The van der Waals surface area contributed by atoms with Crippen molar-refractivity contribution in [3.05, 3.63) is 48.0 Å². The molecule has 1 amide bonds. The normalized spacial score (nSPS) is 10.7. The molecule has 6 heteroatoms. The predicted octanol–water partition coefficient (Wildman–Crippen LogP) is 4.15. The summed E-state index contributed by atoms with van der Waals surface area (Å²) in [4.78, 5) is 21.0.